The van der Waals surface area contributed by atoms with Gasteiger partial charge in [0.2, 0.25) is 5.91 Å². The molecule has 2 atom stereocenters. The number of hydrogen-bond acceptors (Lipinski definition) is 3. The van der Waals surface area contributed by atoms with Gasteiger partial charge >= 0.3 is 5.97 Å². The summed E-state index contributed by atoms with van der Waals surface area (Å²) in [5, 5.41) is 9.40. The average molecular weight is 308 g/mol. The third-order valence-electron chi connectivity index (χ3n) is 4.06. The highest BCUT2D eigenvalue weighted by molar-refractivity contribution is 5.79. The number of carbonyl (C=O) groups is 2. The van der Waals surface area contributed by atoms with E-state index in [-0.39, 0.29) is 24.2 Å². The van der Waals surface area contributed by atoms with Crippen LogP contribution in [0.1, 0.15) is 17.9 Å². The van der Waals surface area contributed by atoms with E-state index in [1.54, 1.807) is 17.0 Å². The van der Waals surface area contributed by atoms with Gasteiger partial charge in [0, 0.05) is 32.0 Å². The lowest BCUT2D eigenvalue weighted by Crippen LogP contribution is -2.32. The molecule has 0 saturated carbocycles. The van der Waals surface area contributed by atoms with Crippen LogP contribution in [0.15, 0.2) is 24.3 Å². The fourth-order valence-corrected chi connectivity index (χ4v) is 2.78. The summed E-state index contributed by atoms with van der Waals surface area (Å²) >= 11 is 0. The summed E-state index contributed by atoms with van der Waals surface area (Å²) in [7, 11) is 3.78. The molecule has 0 radical (unpaired) electrons. The van der Waals surface area contributed by atoms with E-state index in [0.717, 1.165) is 5.56 Å². The fraction of sp³-hybridized carbons (Fsp3) is 0.500. The van der Waals surface area contributed by atoms with Gasteiger partial charge in [0.15, 0.2) is 0 Å². The van der Waals surface area contributed by atoms with Crippen molar-refractivity contribution >= 4 is 11.9 Å². The third kappa shape index (κ3) is 3.82. The number of aliphatic carboxylic acids is 1. The van der Waals surface area contributed by atoms with Gasteiger partial charge in [-0.2, -0.15) is 0 Å². The number of carboxylic acid groups (broad SMARTS) is 1. The molecule has 1 aliphatic rings. The second-order valence-electron chi connectivity index (χ2n) is 5.95. The smallest absolute Gasteiger partial charge is 0.308 e. The highest BCUT2D eigenvalue weighted by Crippen LogP contribution is 2.33. The number of benzene rings is 1. The monoisotopic (exact) mass is 308 g/mol. The highest BCUT2D eigenvalue weighted by atomic mass is 19.1. The Kier molecular flexibility index (Phi) is 5.13. The van der Waals surface area contributed by atoms with E-state index in [1.807, 2.05) is 19.0 Å². The third-order valence-corrected chi connectivity index (χ3v) is 4.06. The number of carboxylic acids is 1. The van der Waals surface area contributed by atoms with Crippen LogP contribution in [0.25, 0.3) is 0 Å². The molecule has 0 spiro atoms. The largest absolute Gasteiger partial charge is 0.481 e. The first-order chi connectivity index (χ1) is 10.4. The lowest BCUT2D eigenvalue weighted by Gasteiger charge is -2.18. The molecule has 0 bridgehead atoms. The molecule has 120 valence electrons. The predicted octanol–water partition coefficient (Wildman–Crippen LogP) is 1.40. The van der Waals surface area contributed by atoms with Gasteiger partial charge in [-0.1, -0.05) is 12.1 Å². The van der Waals surface area contributed by atoms with E-state index in [1.165, 1.54) is 12.1 Å². The van der Waals surface area contributed by atoms with Crippen molar-refractivity contribution in [3.05, 3.63) is 35.6 Å². The molecule has 1 saturated heterocycles. The molecule has 1 amide bonds. The topological polar surface area (TPSA) is 60.9 Å². The summed E-state index contributed by atoms with van der Waals surface area (Å²) in [6.07, 6.45) is 0.371. The molecule has 0 unspecified atom stereocenters. The van der Waals surface area contributed by atoms with Gasteiger partial charge in [-0.3, -0.25) is 9.59 Å². The van der Waals surface area contributed by atoms with Gasteiger partial charge in [0.05, 0.1) is 5.92 Å². The maximum atomic E-state index is 13.0. The van der Waals surface area contributed by atoms with Crippen LogP contribution >= 0.6 is 0 Å². The molecule has 0 aromatic heterocycles. The Morgan fingerprint density at radius 1 is 1.27 bits per heavy atom. The summed E-state index contributed by atoms with van der Waals surface area (Å²) in [5.74, 6) is -2.25. The molecule has 22 heavy (non-hydrogen) atoms. The normalized spacial score (nSPS) is 21.4. The van der Waals surface area contributed by atoms with Crippen LogP contribution in [-0.2, 0) is 9.59 Å². The lowest BCUT2D eigenvalue weighted by atomic mass is 9.89. The Bertz CT molecular complexity index is 545. The number of carbonyl (C=O) groups excluding carboxylic acids is 1. The van der Waals surface area contributed by atoms with Crippen molar-refractivity contribution in [1.82, 2.24) is 9.80 Å². The molecular weight excluding hydrogens is 287 g/mol. The Morgan fingerprint density at radius 2 is 1.91 bits per heavy atom. The van der Waals surface area contributed by atoms with E-state index in [4.69, 9.17) is 0 Å². The zero-order valence-corrected chi connectivity index (χ0v) is 12.8. The van der Waals surface area contributed by atoms with Crippen molar-refractivity contribution in [3.8, 4) is 0 Å². The summed E-state index contributed by atoms with van der Waals surface area (Å²) in [6, 6.07) is 5.85. The van der Waals surface area contributed by atoms with Crippen molar-refractivity contribution in [1.29, 1.82) is 0 Å². The van der Waals surface area contributed by atoms with Crippen molar-refractivity contribution < 1.29 is 19.1 Å². The van der Waals surface area contributed by atoms with Crippen molar-refractivity contribution in [2.45, 2.75) is 12.3 Å². The zero-order valence-electron chi connectivity index (χ0n) is 12.8. The first-order valence-electron chi connectivity index (χ1n) is 7.29. The van der Waals surface area contributed by atoms with E-state index >= 15 is 0 Å². The van der Waals surface area contributed by atoms with Crippen LogP contribution < -0.4 is 0 Å². The van der Waals surface area contributed by atoms with Crippen molar-refractivity contribution in [2.75, 3.05) is 33.7 Å². The second kappa shape index (κ2) is 6.87. The minimum absolute atomic E-state index is 0.0374. The Labute approximate surface area is 129 Å². The molecule has 6 heteroatoms. The molecule has 1 fully saturated rings. The maximum absolute atomic E-state index is 13.0. The summed E-state index contributed by atoms with van der Waals surface area (Å²) < 4.78 is 13.0. The standard InChI is InChI=1S/C16H21FN2O3/c1-18(2)8-7-15(20)19-9-13(14(10-19)16(21)22)11-3-5-12(17)6-4-11/h3-6,13-14H,7-10H2,1-2H3,(H,21,22)/t13-,14+/m0/s1. The second-order valence-corrected chi connectivity index (χ2v) is 5.95. The van der Waals surface area contributed by atoms with Crippen LogP contribution in [0.3, 0.4) is 0 Å². The van der Waals surface area contributed by atoms with Gasteiger partial charge < -0.3 is 14.9 Å². The first kappa shape index (κ1) is 16.4. The first-order valence-corrected chi connectivity index (χ1v) is 7.29. The van der Waals surface area contributed by atoms with Gasteiger partial charge in [0.25, 0.3) is 0 Å². The number of hydrogen-bond donors (Lipinski definition) is 1. The van der Waals surface area contributed by atoms with Crippen molar-refractivity contribution in [2.24, 2.45) is 5.92 Å². The number of halogens is 1. The number of rotatable bonds is 5. The van der Waals surface area contributed by atoms with Gasteiger partial charge in [-0.15, -0.1) is 0 Å². The van der Waals surface area contributed by atoms with E-state index < -0.39 is 11.9 Å². The van der Waals surface area contributed by atoms with Gasteiger partial charge in [0.1, 0.15) is 5.82 Å². The molecule has 1 N–H and O–H groups in total. The van der Waals surface area contributed by atoms with Crippen LogP contribution in [0, 0.1) is 11.7 Å². The van der Waals surface area contributed by atoms with Gasteiger partial charge in [-0.25, -0.2) is 4.39 Å². The molecule has 2 rings (SSSR count). The van der Waals surface area contributed by atoms with Crippen LogP contribution in [0.2, 0.25) is 0 Å². The SMILES string of the molecule is CN(C)CCC(=O)N1C[C@@H](C(=O)O)[C@H](c2ccc(F)cc2)C1. The Morgan fingerprint density at radius 3 is 2.45 bits per heavy atom. The molecule has 1 heterocycles. The van der Waals surface area contributed by atoms with Crippen LogP contribution in [-0.4, -0.2) is 60.5 Å². The average Bonchev–Trinajstić information content (AvgIpc) is 2.91. The predicted molar refractivity (Wildman–Crippen MR) is 80.0 cm³/mol. The lowest BCUT2D eigenvalue weighted by molar-refractivity contribution is -0.141. The highest BCUT2D eigenvalue weighted by Gasteiger charge is 2.40. The fourth-order valence-electron chi connectivity index (χ4n) is 2.78. The van der Waals surface area contributed by atoms with E-state index in [0.29, 0.717) is 19.5 Å². The van der Waals surface area contributed by atoms with Crippen LogP contribution in [0.5, 0.6) is 0 Å². The number of nitrogens with zero attached hydrogens (tertiary/aromatic N) is 2. The minimum atomic E-state index is -0.919. The van der Waals surface area contributed by atoms with E-state index in [9.17, 15) is 19.1 Å². The minimum Gasteiger partial charge on any atom is -0.481 e. The molecule has 1 aromatic carbocycles. The van der Waals surface area contributed by atoms with Crippen molar-refractivity contribution in [3.63, 3.8) is 0 Å². The van der Waals surface area contributed by atoms with Crippen LogP contribution in [0.4, 0.5) is 4.39 Å². The molecule has 5 nitrogen and oxygen atoms in total. The molecule has 1 aromatic rings. The number of likely N-dealkylation sites (tertiary alicyclic amines) is 1. The Hall–Kier alpha value is -1.95. The maximum Gasteiger partial charge on any atom is 0.308 e. The quantitative estimate of drug-likeness (QED) is 0.893. The summed E-state index contributed by atoms with van der Waals surface area (Å²) in [5.41, 5.74) is 0.761. The molecular formula is C16H21FN2O3. The zero-order chi connectivity index (χ0) is 16.3. The number of amides is 1. The molecule has 0 aliphatic carbocycles. The summed E-state index contributed by atoms with van der Waals surface area (Å²) in [4.78, 5) is 27.2. The molecule has 1 aliphatic heterocycles. The van der Waals surface area contributed by atoms with Gasteiger partial charge in [-0.05, 0) is 31.8 Å². The van der Waals surface area contributed by atoms with E-state index in [2.05, 4.69) is 0 Å². The summed E-state index contributed by atoms with van der Waals surface area (Å²) in [6.45, 7) is 1.22. The Balaban J connectivity index is 2.11.